The highest BCUT2D eigenvalue weighted by Gasteiger charge is 2.19. The van der Waals surface area contributed by atoms with E-state index in [1.165, 1.54) is 30.4 Å². The van der Waals surface area contributed by atoms with Crippen molar-refractivity contribution < 1.29 is 9.47 Å². The molecule has 0 spiro atoms. The SMILES string of the molecule is CC.CCN(Cc1ccnc(N2CCCCC2)c1)Cc1cccc2c1OCO2. The number of anilines is 1. The molecule has 5 nitrogen and oxygen atoms in total. The number of ether oxygens (including phenoxy) is 2. The fourth-order valence-corrected chi connectivity index (χ4v) is 3.75. The Morgan fingerprint density at radius 1 is 1.04 bits per heavy atom. The maximum Gasteiger partial charge on any atom is 0.231 e. The Hall–Kier alpha value is -2.27. The molecule has 0 aliphatic carbocycles. The van der Waals surface area contributed by atoms with Gasteiger partial charge >= 0.3 is 0 Å². The number of fused-ring (bicyclic) bond motifs is 1. The molecule has 0 amide bonds. The average molecular weight is 384 g/mol. The van der Waals surface area contributed by atoms with Crippen LogP contribution in [0, 0.1) is 0 Å². The summed E-state index contributed by atoms with van der Waals surface area (Å²) >= 11 is 0. The molecule has 152 valence electrons. The van der Waals surface area contributed by atoms with Crippen molar-refractivity contribution in [3.63, 3.8) is 0 Å². The largest absolute Gasteiger partial charge is 0.454 e. The first-order valence-electron chi connectivity index (χ1n) is 10.6. The molecule has 1 aromatic heterocycles. The van der Waals surface area contributed by atoms with Crippen molar-refractivity contribution in [2.45, 2.75) is 53.1 Å². The van der Waals surface area contributed by atoms with E-state index in [0.717, 1.165) is 50.0 Å². The number of para-hydroxylation sites is 1. The van der Waals surface area contributed by atoms with Crippen molar-refractivity contribution in [3.05, 3.63) is 47.7 Å². The third-order valence-electron chi connectivity index (χ3n) is 5.22. The molecule has 5 heteroatoms. The number of piperidine rings is 1. The van der Waals surface area contributed by atoms with Gasteiger partial charge in [-0.05, 0) is 49.6 Å². The normalized spacial score (nSPS) is 15.4. The number of benzene rings is 1. The standard InChI is InChI=1S/C21H27N3O2.C2H6/c1-2-23(15-18-7-6-8-19-21(18)26-16-25-19)14-17-9-10-22-20(13-17)24-11-4-3-5-12-24;1-2/h6-10,13H,2-5,11-12,14-16H2,1H3;1-2H3. The van der Waals surface area contributed by atoms with E-state index in [1.54, 1.807) is 0 Å². The third-order valence-corrected chi connectivity index (χ3v) is 5.22. The molecule has 0 radical (unpaired) electrons. The van der Waals surface area contributed by atoms with Crippen LogP contribution in [0.1, 0.15) is 51.2 Å². The van der Waals surface area contributed by atoms with Crippen molar-refractivity contribution in [1.82, 2.24) is 9.88 Å². The van der Waals surface area contributed by atoms with Gasteiger partial charge in [-0.15, -0.1) is 0 Å². The van der Waals surface area contributed by atoms with Crippen LogP contribution < -0.4 is 14.4 Å². The summed E-state index contributed by atoms with van der Waals surface area (Å²) in [7, 11) is 0. The molecule has 3 heterocycles. The van der Waals surface area contributed by atoms with Gasteiger partial charge in [0.1, 0.15) is 5.82 Å². The number of rotatable bonds is 6. The first-order valence-corrected chi connectivity index (χ1v) is 10.6. The fourth-order valence-electron chi connectivity index (χ4n) is 3.75. The monoisotopic (exact) mass is 383 g/mol. The molecule has 4 rings (SSSR count). The van der Waals surface area contributed by atoms with E-state index in [0.29, 0.717) is 6.79 Å². The Balaban J connectivity index is 0.00000109. The lowest BCUT2D eigenvalue weighted by atomic mass is 10.1. The molecule has 28 heavy (non-hydrogen) atoms. The Kier molecular flexibility index (Phi) is 7.54. The maximum atomic E-state index is 5.66. The summed E-state index contributed by atoms with van der Waals surface area (Å²) in [5.41, 5.74) is 2.50. The summed E-state index contributed by atoms with van der Waals surface area (Å²) in [6, 6.07) is 10.5. The third kappa shape index (κ3) is 4.96. The number of pyridine rings is 1. The minimum Gasteiger partial charge on any atom is -0.454 e. The van der Waals surface area contributed by atoms with Crippen molar-refractivity contribution >= 4 is 5.82 Å². The molecular weight excluding hydrogens is 350 g/mol. The van der Waals surface area contributed by atoms with Gasteiger partial charge in [0.25, 0.3) is 0 Å². The smallest absolute Gasteiger partial charge is 0.231 e. The van der Waals surface area contributed by atoms with Crippen LogP contribution in [-0.2, 0) is 13.1 Å². The maximum absolute atomic E-state index is 5.66. The summed E-state index contributed by atoms with van der Waals surface area (Å²) < 4.78 is 11.2. The predicted octanol–water partition coefficient (Wildman–Crippen LogP) is 4.85. The molecule has 0 unspecified atom stereocenters. The molecule has 2 aromatic rings. The highest BCUT2D eigenvalue weighted by molar-refractivity contribution is 5.48. The lowest BCUT2D eigenvalue weighted by molar-refractivity contribution is 0.171. The minimum absolute atomic E-state index is 0.321. The molecule has 2 aliphatic rings. The van der Waals surface area contributed by atoms with Gasteiger partial charge in [0.05, 0.1) is 0 Å². The Morgan fingerprint density at radius 2 is 1.86 bits per heavy atom. The lowest BCUT2D eigenvalue weighted by Crippen LogP contribution is -2.30. The molecular formula is C23H33N3O2. The van der Waals surface area contributed by atoms with Crippen molar-refractivity contribution in [1.29, 1.82) is 0 Å². The molecule has 1 saturated heterocycles. The van der Waals surface area contributed by atoms with Crippen molar-refractivity contribution in [2.75, 3.05) is 31.3 Å². The van der Waals surface area contributed by atoms with E-state index >= 15 is 0 Å². The number of nitrogens with zero attached hydrogens (tertiary/aromatic N) is 3. The van der Waals surface area contributed by atoms with Gasteiger partial charge < -0.3 is 14.4 Å². The molecule has 0 bridgehead atoms. The Morgan fingerprint density at radius 3 is 2.64 bits per heavy atom. The molecule has 1 fully saturated rings. The zero-order valence-corrected chi connectivity index (χ0v) is 17.5. The Bertz CT molecular complexity index is 744. The fraction of sp³-hybridized carbons (Fsp3) is 0.522. The first kappa shape index (κ1) is 20.5. The summed E-state index contributed by atoms with van der Waals surface area (Å²) in [5.74, 6) is 2.88. The molecule has 0 atom stereocenters. The lowest BCUT2D eigenvalue weighted by Gasteiger charge is -2.28. The van der Waals surface area contributed by atoms with Gasteiger partial charge in [-0.25, -0.2) is 4.98 Å². The van der Waals surface area contributed by atoms with Crippen molar-refractivity contribution in [3.8, 4) is 11.5 Å². The molecule has 0 N–H and O–H groups in total. The van der Waals surface area contributed by atoms with E-state index in [-0.39, 0.29) is 0 Å². The van der Waals surface area contributed by atoms with Crippen LogP contribution in [0.2, 0.25) is 0 Å². The van der Waals surface area contributed by atoms with Crippen LogP contribution in [0.25, 0.3) is 0 Å². The van der Waals surface area contributed by atoms with Crippen LogP contribution in [-0.4, -0.2) is 36.3 Å². The second-order valence-electron chi connectivity index (χ2n) is 7.02. The zero-order chi connectivity index (χ0) is 19.8. The van der Waals surface area contributed by atoms with Gasteiger partial charge in [0.15, 0.2) is 11.5 Å². The second kappa shape index (κ2) is 10.3. The van der Waals surface area contributed by atoms with Crippen molar-refractivity contribution in [2.24, 2.45) is 0 Å². The quantitative estimate of drug-likeness (QED) is 0.713. The minimum atomic E-state index is 0.321. The summed E-state index contributed by atoms with van der Waals surface area (Å²) in [4.78, 5) is 9.44. The summed E-state index contributed by atoms with van der Waals surface area (Å²) in [6.45, 7) is 11.5. The van der Waals surface area contributed by atoms with E-state index in [1.807, 2.05) is 32.2 Å². The van der Waals surface area contributed by atoms with E-state index in [4.69, 9.17) is 9.47 Å². The first-order chi connectivity index (χ1) is 13.8. The predicted molar refractivity (Wildman–Crippen MR) is 114 cm³/mol. The van der Waals surface area contributed by atoms with E-state index in [9.17, 15) is 0 Å². The van der Waals surface area contributed by atoms with Gasteiger partial charge in [-0.2, -0.15) is 0 Å². The number of hydrogen-bond acceptors (Lipinski definition) is 5. The summed E-state index contributed by atoms with van der Waals surface area (Å²) in [6.07, 6.45) is 5.83. The van der Waals surface area contributed by atoms with Gasteiger partial charge in [0, 0.05) is 37.9 Å². The molecule has 0 saturated carbocycles. The highest BCUT2D eigenvalue weighted by Crippen LogP contribution is 2.36. The zero-order valence-electron chi connectivity index (χ0n) is 17.5. The van der Waals surface area contributed by atoms with Gasteiger partial charge in [-0.1, -0.05) is 32.9 Å². The summed E-state index contributed by atoms with van der Waals surface area (Å²) in [5, 5.41) is 0. The van der Waals surface area contributed by atoms with Crippen LogP contribution >= 0.6 is 0 Å². The van der Waals surface area contributed by atoms with Gasteiger partial charge in [-0.3, -0.25) is 4.90 Å². The van der Waals surface area contributed by atoms with E-state index < -0.39 is 0 Å². The number of hydrogen-bond donors (Lipinski definition) is 0. The highest BCUT2D eigenvalue weighted by atomic mass is 16.7. The second-order valence-corrected chi connectivity index (χ2v) is 7.02. The average Bonchev–Trinajstić information content (AvgIpc) is 3.25. The van der Waals surface area contributed by atoms with E-state index in [2.05, 4.69) is 39.9 Å². The van der Waals surface area contributed by atoms with Crippen LogP contribution in [0.3, 0.4) is 0 Å². The topological polar surface area (TPSA) is 37.8 Å². The Labute approximate surface area is 169 Å². The van der Waals surface area contributed by atoms with Gasteiger partial charge in [0.2, 0.25) is 6.79 Å². The number of aromatic nitrogens is 1. The molecule has 1 aromatic carbocycles. The van der Waals surface area contributed by atoms with Crippen LogP contribution in [0.4, 0.5) is 5.82 Å². The van der Waals surface area contributed by atoms with Crippen LogP contribution in [0.5, 0.6) is 11.5 Å². The molecule has 2 aliphatic heterocycles. The van der Waals surface area contributed by atoms with Crippen LogP contribution in [0.15, 0.2) is 36.5 Å².